The SMILES string of the molecule is CCCCCC(O)C=CC1C=CCC1C(O)CCCC=CC(=O)O. The van der Waals surface area contributed by atoms with Crippen LogP contribution in [-0.2, 0) is 4.79 Å². The molecule has 0 radical (unpaired) electrons. The summed E-state index contributed by atoms with van der Waals surface area (Å²) >= 11 is 0. The van der Waals surface area contributed by atoms with E-state index in [1.807, 2.05) is 12.2 Å². The fourth-order valence-corrected chi connectivity index (χ4v) is 3.11. The first kappa shape index (κ1) is 20.7. The van der Waals surface area contributed by atoms with Gasteiger partial charge >= 0.3 is 5.97 Å². The van der Waals surface area contributed by atoms with Gasteiger partial charge in [0, 0.05) is 12.0 Å². The number of aliphatic carboxylic acids is 1. The molecule has 24 heavy (non-hydrogen) atoms. The average molecular weight is 336 g/mol. The summed E-state index contributed by atoms with van der Waals surface area (Å²) in [6.45, 7) is 2.15. The van der Waals surface area contributed by atoms with Crippen molar-refractivity contribution in [1.82, 2.24) is 0 Å². The molecule has 1 aliphatic carbocycles. The number of aliphatic hydroxyl groups is 2. The molecule has 0 saturated carbocycles. The number of aliphatic hydroxyl groups excluding tert-OH is 2. The number of unbranched alkanes of at least 4 members (excludes halogenated alkanes) is 3. The van der Waals surface area contributed by atoms with Crippen molar-refractivity contribution in [1.29, 1.82) is 0 Å². The van der Waals surface area contributed by atoms with E-state index >= 15 is 0 Å². The van der Waals surface area contributed by atoms with Gasteiger partial charge in [0.05, 0.1) is 12.2 Å². The van der Waals surface area contributed by atoms with Crippen LogP contribution in [0.1, 0.15) is 58.3 Å². The van der Waals surface area contributed by atoms with Crippen LogP contribution in [0.4, 0.5) is 0 Å². The molecule has 0 heterocycles. The van der Waals surface area contributed by atoms with Crippen molar-refractivity contribution in [3.8, 4) is 0 Å². The van der Waals surface area contributed by atoms with Gasteiger partial charge in [0.25, 0.3) is 0 Å². The lowest BCUT2D eigenvalue weighted by molar-refractivity contribution is -0.131. The van der Waals surface area contributed by atoms with Gasteiger partial charge in [-0.3, -0.25) is 0 Å². The molecule has 4 nitrogen and oxygen atoms in total. The van der Waals surface area contributed by atoms with Crippen LogP contribution in [-0.4, -0.2) is 33.5 Å². The van der Waals surface area contributed by atoms with Crippen molar-refractivity contribution < 1.29 is 20.1 Å². The Morgan fingerprint density at radius 1 is 1.25 bits per heavy atom. The topological polar surface area (TPSA) is 77.8 Å². The molecule has 0 fully saturated rings. The molecule has 4 heteroatoms. The molecule has 0 spiro atoms. The van der Waals surface area contributed by atoms with Crippen LogP contribution in [0.15, 0.2) is 36.5 Å². The van der Waals surface area contributed by atoms with Crippen LogP contribution in [0.3, 0.4) is 0 Å². The van der Waals surface area contributed by atoms with Crippen molar-refractivity contribution in [2.75, 3.05) is 0 Å². The highest BCUT2D eigenvalue weighted by Gasteiger charge is 2.27. The van der Waals surface area contributed by atoms with E-state index in [0.717, 1.165) is 44.6 Å². The Bertz CT molecular complexity index is 439. The molecular formula is C20H32O4. The number of carbonyl (C=O) groups is 1. The van der Waals surface area contributed by atoms with Crippen LogP contribution < -0.4 is 0 Å². The highest BCUT2D eigenvalue weighted by atomic mass is 16.4. The molecule has 4 unspecified atom stereocenters. The fourth-order valence-electron chi connectivity index (χ4n) is 3.11. The van der Waals surface area contributed by atoms with Crippen molar-refractivity contribution in [3.05, 3.63) is 36.5 Å². The average Bonchev–Trinajstić information content (AvgIpc) is 3.01. The summed E-state index contributed by atoms with van der Waals surface area (Å²) in [6, 6.07) is 0. The Hall–Kier alpha value is -1.39. The molecule has 0 aromatic carbocycles. The molecule has 0 saturated heterocycles. The van der Waals surface area contributed by atoms with E-state index in [1.165, 1.54) is 0 Å². The molecule has 4 atom stereocenters. The molecule has 1 aliphatic rings. The summed E-state index contributed by atoms with van der Waals surface area (Å²) in [6.07, 6.45) is 17.2. The molecule has 0 aromatic heterocycles. The maximum Gasteiger partial charge on any atom is 0.327 e. The van der Waals surface area contributed by atoms with Crippen molar-refractivity contribution in [2.45, 2.75) is 70.5 Å². The third-order valence-electron chi connectivity index (χ3n) is 4.55. The van der Waals surface area contributed by atoms with E-state index in [-0.39, 0.29) is 11.8 Å². The van der Waals surface area contributed by atoms with Gasteiger partial charge < -0.3 is 15.3 Å². The summed E-state index contributed by atoms with van der Waals surface area (Å²) in [5.41, 5.74) is 0. The first-order valence-electron chi connectivity index (χ1n) is 9.15. The molecule has 0 aliphatic heterocycles. The second-order valence-corrected chi connectivity index (χ2v) is 6.59. The summed E-state index contributed by atoms with van der Waals surface area (Å²) < 4.78 is 0. The first-order valence-corrected chi connectivity index (χ1v) is 9.15. The minimum Gasteiger partial charge on any atom is -0.478 e. The van der Waals surface area contributed by atoms with Crippen LogP contribution in [0.25, 0.3) is 0 Å². The zero-order valence-corrected chi connectivity index (χ0v) is 14.7. The number of hydrogen-bond acceptors (Lipinski definition) is 3. The van der Waals surface area contributed by atoms with Crippen LogP contribution in [0.2, 0.25) is 0 Å². The van der Waals surface area contributed by atoms with E-state index in [1.54, 1.807) is 6.08 Å². The molecule has 0 amide bonds. The van der Waals surface area contributed by atoms with Crippen LogP contribution in [0.5, 0.6) is 0 Å². The number of allylic oxidation sites excluding steroid dienone is 4. The molecule has 0 bridgehead atoms. The monoisotopic (exact) mass is 336 g/mol. The van der Waals surface area contributed by atoms with E-state index in [9.17, 15) is 15.0 Å². The minimum atomic E-state index is -0.932. The molecule has 1 rings (SSSR count). The van der Waals surface area contributed by atoms with Gasteiger partial charge in [-0.05, 0) is 38.0 Å². The van der Waals surface area contributed by atoms with Crippen molar-refractivity contribution >= 4 is 5.97 Å². The Morgan fingerprint density at radius 3 is 2.75 bits per heavy atom. The minimum absolute atomic E-state index is 0.160. The summed E-state index contributed by atoms with van der Waals surface area (Å²) in [5, 5.41) is 28.9. The zero-order valence-electron chi connectivity index (χ0n) is 14.7. The van der Waals surface area contributed by atoms with Gasteiger partial charge in [-0.2, -0.15) is 0 Å². The number of rotatable bonds is 12. The standard InChI is InChI=1S/C20H32O4/c1-2-3-5-10-17(21)15-14-16-9-8-11-18(16)19(22)12-6-4-7-13-20(23)24/h7-9,13-19,21-22H,2-6,10-12H2,1H3,(H,23,24). The van der Waals surface area contributed by atoms with Gasteiger partial charge in [-0.25, -0.2) is 4.79 Å². The van der Waals surface area contributed by atoms with Gasteiger partial charge in [0.15, 0.2) is 0 Å². The molecule has 0 aromatic rings. The van der Waals surface area contributed by atoms with Crippen LogP contribution >= 0.6 is 0 Å². The number of carboxylic acids is 1. The molecule has 136 valence electrons. The highest BCUT2D eigenvalue weighted by molar-refractivity contribution is 5.79. The lowest BCUT2D eigenvalue weighted by Gasteiger charge is -2.23. The van der Waals surface area contributed by atoms with Gasteiger partial charge in [-0.1, -0.05) is 56.6 Å². The van der Waals surface area contributed by atoms with Gasteiger partial charge in [0.2, 0.25) is 0 Å². The summed E-state index contributed by atoms with van der Waals surface area (Å²) in [4.78, 5) is 10.4. The van der Waals surface area contributed by atoms with E-state index in [2.05, 4.69) is 19.1 Å². The fraction of sp³-hybridized carbons (Fsp3) is 0.650. The number of carboxylic acid groups (broad SMARTS) is 1. The maximum absolute atomic E-state index is 10.4. The Kier molecular flexibility index (Phi) is 10.4. The third kappa shape index (κ3) is 8.46. The first-order chi connectivity index (χ1) is 11.5. The largest absolute Gasteiger partial charge is 0.478 e. The Labute approximate surface area is 145 Å². The van der Waals surface area contributed by atoms with Crippen molar-refractivity contribution in [2.24, 2.45) is 11.8 Å². The van der Waals surface area contributed by atoms with E-state index < -0.39 is 18.2 Å². The molecule has 3 N–H and O–H groups in total. The van der Waals surface area contributed by atoms with Crippen molar-refractivity contribution in [3.63, 3.8) is 0 Å². The second-order valence-electron chi connectivity index (χ2n) is 6.59. The lowest BCUT2D eigenvalue weighted by atomic mass is 9.87. The smallest absolute Gasteiger partial charge is 0.327 e. The van der Waals surface area contributed by atoms with Gasteiger partial charge in [-0.15, -0.1) is 0 Å². The quantitative estimate of drug-likeness (QED) is 0.287. The maximum atomic E-state index is 10.4. The molecular weight excluding hydrogens is 304 g/mol. The third-order valence-corrected chi connectivity index (χ3v) is 4.55. The van der Waals surface area contributed by atoms with E-state index in [4.69, 9.17) is 5.11 Å². The number of hydrogen-bond donors (Lipinski definition) is 3. The normalized spacial score (nSPS) is 23.3. The lowest BCUT2D eigenvalue weighted by Crippen LogP contribution is -2.23. The van der Waals surface area contributed by atoms with E-state index in [0.29, 0.717) is 12.8 Å². The van der Waals surface area contributed by atoms with Gasteiger partial charge in [0.1, 0.15) is 0 Å². The predicted molar refractivity (Wildman–Crippen MR) is 96.7 cm³/mol. The Balaban J connectivity index is 2.34. The van der Waals surface area contributed by atoms with Crippen LogP contribution in [0, 0.1) is 11.8 Å². The summed E-state index contributed by atoms with van der Waals surface area (Å²) in [7, 11) is 0. The Morgan fingerprint density at radius 2 is 2.04 bits per heavy atom. The summed E-state index contributed by atoms with van der Waals surface area (Å²) in [5.74, 6) is -0.596. The predicted octanol–water partition coefficient (Wildman–Crippen LogP) is 3.85. The highest BCUT2D eigenvalue weighted by Crippen LogP contribution is 2.31. The second kappa shape index (κ2) is 12.0. The zero-order chi connectivity index (χ0) is 17.8.